The Hall–Kier alpha value is -2.36. The summed E-state index contributed by atoms with van der Waals surface area (Å²) in [4.78, 5) is 4.77. The second kappa shape index (κ2) is 7.16. The third-order valence-corrected chi connectivity index (χ3v) is 7.67. The molecule has 8 nitrogen and oxygen atoms in total. The van der Waals surface area contributed by atoms with E-state index in [1.807, 2.05) is 22.7 Å². The largest absolute Gasteiger partial charge is 0.354 e. The average Bonchev–Trinajstić information content (AvgIpc) is 3.18. The van der Waals surface area contributed by atoms with Gasteiger partial charge in [0.25, 0.3) is 0 Å². The molecule has 29 heavy (non-hydrogen) atoms. The molecule has 0 unspecified atom stereocenters. The number of sulfone groups is 1. The van der Waals surface area contributed by atoms with Crippen LogP contribution in [0.25, 0.3) is 5.70 Å². The van der Waals surface area contributed by atoms with E-state index in [4.69, 9.17) is 5.10 Å². The van der Waals surface area contributed by atoms with Crippen molar-refractivity contribution in [3.8, 4) is 0 Å². The van der Waals surface area contributed by atoms with E-state index in [-0.39, 0.29) is 0 Å². The molecule has 0 atom stereocenters. The SMILES string of the molecule is CN1CC2=C(CCNC2)n2nc(N3CCNCC3)c(S(=O)(=O)c3ccccc3)c21. The van der Waals surface area contributed by atoms with Gasteiger partial charge in [-0.05, 0) is 17.7 Å². The Morgan fingerprint density at radius 1 is 1.03 bits per heavy atom. The van der Waals surface area contributed by atoms with E-state index < -0.39 is 9.84 Å². The molecule has 9 heteroatoms. The summed E-state index contributed by atoms with van der Waals surface area (Å²) >= 11 is 0. The normalized spacial score (nSPS) is 19.9. The maximum Gasteiger partial charge on any atom is 0.214 e. The van der Waals surface area contributed by atoms with Gasteiger partial charge in [-0.15, -0.1) is 5.10 Å². The molecule has 0 spiro atoms. The summed E-state index contributed by atoms with van der Waals surface area (Å²) in [5.41, 5.74) is 2.42. The van der Waals surface area contributed by atoms with Crippen molar-refractivity contribution in [3.63, 3.8) is 0 Å². The van der Waals surface area contributed by atoms with Crippen molar-refractivity contribution >= 4 is 27.2 Å². The minimum absolute atomic E-state index is 0.311. The zero-order valence-corrected chi connectivity index (χ0v) is 17.4. The van der Waals surface area contributed by atoms with Gasteiger partial charge in [-0.25, -0.2) is 13.1 Å². The molecule has 154 valence electrons. The molecule has 4 heterocycles. The standard InChI is InChI=1S/C20H26N6O2S/c1-24-14-15-13-22-8-7-17(15)26-20(24)18(19(23-26)25-11-9-21-10-12-25)29(27,28)16-5-3-2-4-6-16/h2-6,21-22H,7-14H2,1H3. The van der Waals surface area contributed by atoms with Gasteiger partial charge in [0, 0.05) is 65.0 Å². The molecule has 2 aromatic rings. The fourth-order valence-corrected chi connectivity index (χ4v) is 6.08. The molecule has 0 bridgehead atoms. The highest BCUT2D eigenvalue weighted by Gasteiger charge is 2.38. The van der Waals surface area contributed by atoms with Crippen LogP contribution in [-0.4, -0.2) is 71.1 Å². The summed E-state index contributed by atoms with van der Waals surface area (Å²) in [5.74, 6) is 1.26. The Morgan fingerprint density at radius 3 is 2.55 bits per heavy atom. The molecule has 3 aliphatic heterocycles. The first-order valence-electron chi connectivity index (χ1n) is 10.1. The second-order valence-electron chi connectivity index (χ2n) is 7.77. The van der Waals surface area contributed by atoms with Crippen molar-refractivity contribution in [3.05, 3.63) is 35.9 Å². The van der Waals surface area contributed by atoms with Gasteiger partial charge in [-0.3, -0.25) is 0 Å². The predicted molar refractivity (Wildman–Crippen MR) is 113 cm³/mol. The number of benzene rings is 1. The minimum Gasteiger partial charge on any atom is -0.354 e. The van der Waals surface area contributed by atoms with Crippen LogP contribution in [0.5, 0.6) is 0 Å². The van der Waals surface area contributed by atoms with Gasteiger partial charge < -0.3 is 20.4 Å². The summed E-state index contributed by atoms with van der Waals surface area (Å²) < 4.78 is 29.5. The number of rotatable bonds is 3. The lowest BCUT2D eigenvalue weighted by Gasteiger charge is -2.33. The monoisotopic (exact) mass is 414 g/mol. The molecule has 3 aliphatic rings. The predicted octanol–water partition coefficient (Wildman–Crippen LogP) is 0.780. The topological polar surface area (TPSA) is 82.5 Å². The Balaban J connectivity index is 1.75. The molecule has 2 N–H and O–H groups in total. The van der Waals surface area contributed by atoms with E-state index in [9.17, 15) is 8.42 Å². The Bertz CT molecular complexity index is 1050. The summed E-state index contributed by atoms with van der Waals surface area (Å²) in [5, 5.41) is 11.7. The van der Waals surface area contributed by atoms with Crippen LogP contribution in [0.4, 0.5) is 11.6 Å². The summed E-state index contributed by atoms with van der Waals surface area (Å²) in [6, 6.07) is 8.70. The minimum atomic E-state index is -3.71. The molecule has 1 fully saturated rings. The lowest BCUT2D eigenvalue weighted by molar-refractivity contribution is 0.576. The molecular weight excluding hydrogens is 388 g/mol. The Kier molecular flexibility index (Phi) is 4.60. The van der Waals surface area contributed by atoms with E-state index in [0.717, 1.165) is 51.4 Å². The average molecular weight is 415 g/mol. The van der Waals surface area contributed by atoms with Crippen molar-refractivity contribution in [1.29, 1.82) is 0 Å². The molecule has 5 rings (SSSR count). The second-order valence-corrected chi connectivity index (χ2v) is 9.66. The number of likely N-dealkylation sites (N-methyl/N-ethyl adjacent to an activating group) is 1. The Labute approximate surface area is 171 Å². The van der Waals surface area contributed by atoms with Crippen molar-refractivity contribution in [2.24, 2.45) is 0 Å². The van der Waals surface area contributed by atoms with Crippen LogP contribution in [0.15, 0.2) is 45.7 Å². The van der Waals surface area contributed by atoms with Crippen LogP contribution in [0.3, 0.4) is 0 Å². The van der Waals surface area contributed by atoms with Gasteiger partial charge in [0.2, 0.25) is 9.84 Å². The van der Waals surface area contributed by atoms with E-state index in [1.165, 1.54) is 5.57 Å². The maximum absolute atomic E-state index is 13.8. The van der Waals surface area contributed by atoms with Crippen LogP contribution >= 0.6 is 0 Å². The third-order valence-electron chi connectivity index (χ3n) is 5.87. The number of aromatic nitrogens is 2. The summed E-state index contributed by atoms with van der Waals surface area (Å²) in [6.07, 6.45) is 0.851. The number of nitrogens with zero attached hydrogens (tertiary/aromatic N) is 4. The van der Waals surface area contributed by atoms with Gasteiger partial charge in [0.15, 0.2) is 16.5 Å². The number of piperazine rings is 1. The quantitative estimate of drug-likeness (QED) is 0.768. The highest BCUT2D eigenvalue weighted by Crippen LogP contribution is 2.42. The fraction of sp³-hybridized carbons (Fsp3) is 0.450. The van der Waals surface area contributed by atoms with E-state index in [1.54, 1.807) is 24.3 Å². The number of hydrogen-bond donors (Lipinski definition) is 2. The van der Waals surface area contributed by atoms with Gasteiger partial charge in [-0.2, -0.15) is 0 Å². The van der Waals surface area contributed by atoms with Crippen molar-refractivity contribution in [2.75, 3.05) is 62.7 Å². The molecule has 0 aliphatic carbocycles. The lowest BCUT2D eigenvalue weighted by Crippen LogP contribution is -2.44. The number of anilines is 2. The highest BCUT2D eigenvalue weighted by atomic mass is 32.2. The molecule has 1 saturated heterocycles. The van der Waals surface area contributed by atoms with Crippen LogP contribution in [0.1, 0.15) is 6.42 Å². The number of hydrogen-bond acceptors (Lipinski definition) is 7. The van der Waals surface area contributed by atoms with Crippen LogP contribution in [0.2, 0.25) is 0 Å². The van der Waals surface area contributed by atoms with Crippen molar-refractivity contribution in [1.82, 2.24) is 20.4 Å². The number of fused-ring (bicyclic) bond motifs is 2. The highest BCUT2D eigenvalue weighted by molar-refractivity contribution is 7.91. The summed E-state index contributed by atoms with van der Waals surface area (Å²) in [7, 11) is -1.76. The van der Waals surface area contributed by atoms with E-state index in [0.29, 0.717) is 28.0 Å². The lowest BCUT2D eigenvalue weighted by atomic mass is 10.1. The molecular formula is C20H26N6O2S. The van der Waals surface area contributed by atoms with Crippen LogP contribution < -0.4 is 20.4 Å². The first kappa shape index (κ1) is 18.7. The van der Waals surface area contributed by atoms with Gasteiger partial charge >= 0.3 is 0 Å². The zero-order chi connectivity index (χ0) is 20.0. The van der Waals surface area contributed by atoms with Crippen molar-refractivity contribution in [2.45, 2.75) is 16.2 Å². The molecule has 1 aromatic carbocycles. The van der Waals surface area contributed by atoms with Gasteiger partial charge in [0.05, 0.1) is 4.90 Å². The van der Waals surface area contributed by atoms with E-state index >= 15 is 0 Å². The molecule has 0 saturated carbocycles. The maximum atomic E-state index is 13.8. The fourth-order valence-electron chi connectivity index (χ4n) is 4.44. The smallest absolute Gasteiger partial charge is 0.214 e. The Morgan fingerprint density at radius 2 is 1.79 bits per heavy atom. The zero-order valence-electron chi connectivity index (χ0n) is 16.6. The van der Waals surface area contributed by atoms with Crippen molar-refractivity contribution < 1.29 is 8.42 Å². The number of nitrogens with one attached hydrogen (secondary N) is 2. The third kappa shape index (κ3) is 3.04. The molecule has 0 radical (unpaired) electrons. The molecule has 1 aromatic heterocycles. The summed E-state index contributed by atoms with van der Waals surface area (Å²) in [6.45, 7) is 5.54. The van der Waals surface area contributed by atoms with Crippen LogP contribution in [0, 0.1) is 0 Å². The van der Waals surface area contributed by atoms with Gasteiger partial charge in [0.1, 0.15) is 0 Å². The first-order chi connectivity index (χ1) is 14.1. The van der Waals surface area contributed by atoms with Gasteiger partial charge in [-0.1, -0.05) is 18.2 Å². The first-order valence-corrected chi connectivity index (χ1v) is 11.6. The molecule has 0 amide bonds. The van der Waals surface area contributed by atoms with Crippen LogP contribution in [-0.2, 0) is 9.84 Å². The van der Waals surface area contributed by atoms with E-state index in [2.05, 4.69) is 15.5 Å².